The van der Waals surface area contributed by atoms with Gasteiger partial charge in [0, 0.05) is 48.9 Å². The van der Waals surface area contributed by atoms with Gasteiger partial charge in [-0.3, -0.25) is 5.32 Å². The first-order chi connectivity index (χ1) is 18.0. The Morgan fingerprint density at radius 1 is 0.973 bits per heavy atom. The van der Waals surface area contributed by atoms with Crippen LogP contribution in [0.4, 0.5) is 26.8 Å². The van der Waals surface area contributed by atoms with E-state index in [1.54, 1.807) is 49.5 Å². The molecular formula is C27H26N6O4. The van der Waals surface area contributed by atoms with Gasteiger partial charge in [-0.15, -0.1) is 0 Å². The summed E-state index contributed by atoms with van der Waals surface area (Å²) in [6, 6.07) is 17.2. The molecule has 2 heterocycles. The van der Waals surface area contributed by atoms with Crippen molar-refractivity contribution in [3.05, 3.63) is 78.0 Å². The van der Waals surface area contributed by atoms with Crippen LogP contribution in [0.5, 0.6) is 11.5 Å². The average molecular weight is 499 g/mol. The Bertz CT molecular complexity index is 1340. The highest BCUT2D eigenvalue weighted by atomic mass is 16.5. The maximum Gasteiger partial charge on any atom is 0.323 e. The van der Waals surface area contributed by atoms with Crippen LogP contribution in [-0.2, 0) is 0 Å². The highest BCUT2D eigenvalue weighted by Gasteiger charge is 2.19. The molecule has 0 aliphatic carbocycles. The number of benzene rings is 2. The first-order valence-corrected chi connectivity index (χ1v) is 11.5. The van der Waals surface area contributed by atoms with Gasteiger partial charge in [-0.25, -0.2) is 14.6 Å². The van der Waals surface area contributed by atoms with Crippen molar-refractivity contribution < 1.29 is 19.1 Å². The topological polar surface area (TPSA) is 129 Å². The standard InChI is InChI=1S/C27H26N6O4/c1-36-23-14-22(15-24(16-23)37-2)31-26(34)30-21-7-5-18(6-8-21)19-9-12-33(13-10-19)27(35)32-25-20(17-28)4-3-11-29-25/h3-9,11,14-16H,10,12-13H2,1-2H3,(H,29,32,35)(H2,30,31,34). The summed E-state index contributed by atoms with van der Waals surface area (Å²) < 4.78 is 10.5. The number of carbonyl (C=O) groups is 2. The lowest BCUT2D eigenvalue weighted by atomic mass is 9.99. The molecule has 2 aromatic carbocycles. The number of nitriles is 1. The Hall–Kier alpha value is -5.04. The van der Waals surface area contributed by atoms with Crippen LogP contribution < -0.4 is 25.4 Å². The average Bonchev–Trinajstić information content (AvgIpc) is 2.93. The quantitative estimate of drug-likeness (QED) is 0.442. The minimum Gasteiger partial charge on any atom is -0.497 e. The van der Waals surface area contributed by atoms with Crippen molar-refractivity contribution in [1.29, 1.82) is 5.26 Å². The number of ether oxygens (including phenoxy) is 2. The van der Waals surface area contributed by atoms with Gasteiger partial charge >= 0.3 is 12.1 Å². The van der Waals surface area contributed by atoms with Gasteiger partial charge in [0.05, 0.1) is 19.8 Å². The Morgan fingerprint density at radius 2 is 1.68 bits per heavy atom. The summed E-state index contributed by atoms with van der Waals surface area (Å²) in [6.45, 7) is 0.959. The van der Waals surface area contributed by atoms with E-state index in [1.807, 2.05) is 36.4 Å². The number of carbonyl (C=O) groups excluding carboxylic acids is 2. The predicted molar refractivity (Wildman–Crippen MR) is 141 cm³/mol. The number of urea groups is 2. The molecule has 1 aromatic heterocycles. The number of methoxy groups -OCH3 is 2. The van der Waals surface area contributed by atoms with Crippen LogP contribution in [0.2, 0.25) is 0 Å². The number of hydrogen-bond acceptors (Lipinski definition) is 6. The van der Waals surface area contributed by atoms with Crippen molar-refractivity contribution in [3.63, 3.8) is 0 Å². The minimum absolute atomic E-state index is 0.252. The van der Waals surface area contributed by atoms with Crippen molar-refractivity contribution in [1.82, 2.24) is 9.88 Å². The number of rotatable bonds is 6. The van der Waals surface area contributed by atoms with E-state index < -0.39 is 6.03 Å². The number of anilines is 3. The lowest BCUT2D eigenvalue weighted by Gasteiger charge is -2.27. The molecule has 0 unspecified atom stereocenters. The van der Waals surface area contributed by atoms with Gasteiger partial charge in [0.15, 0.2) is 5.82 Å². The molecule has 10 nitrogen and oxygen atoms in total. The number of aromatic nitrogens is 1. The molecule has 0 saturated carbocycles. The van der Waals surface area contributed by atoms with E-state index in [4.69, 9.17) is 9.47 Å². The molecule has 37 heavy (non-hydrogen) atoms. The minimum atomic E-state index is -0.394. The van der Waals surface area contributed by atoms with Crippen LogP contribution in [0.15, 0.2) is 66.9 Å². The Morgan fingerprint density at radius 3 is 2.30 bits per heavy atom. The van der Waals surface area contributed by atoms with Crippen molar-refractivity contribution in [3.8, 4) is 17.6 Å². The predicted octanol–water partition coefficient (Wildman–Crippen LogP) is 4.94. The van der Waals surface area contributed by atoms with Crippen molar-refractivity contribution in [2.24, 2.45) is 0 Å². The second kappa shape index (κ2) is 11.6. The van der Waals surface area contributed by atoms with Gasteiger partial charge in [-0.05, 0) is 41.8 Å². The van der Waals surface area contributed by atoms with E-state index in [2.05, 4.69) is 20.9 Å². The summed E-state index contributed by atoms with van der Waals surface area (Å²) in [4.78, 5) is 30.8. The molecule has 1 aliphatic rings. The Labute approximate surface area is 214 Å². The molecule has 3 aromatic rings. The summed E-state index contributed by atoms with van der Waals surface area (Å²) in [5, 5.41) is 17.5. The third kappa shape index (κ3) is 6.35. The summed E-state index contributed by atoms with van der Waals surface area (Å²) in [7, 11) is 3.09. The third-order valence-corrected chi connectivity index (χ3v) is 5.77. The van der Waals surface area contributed by atoms with Crippen LogP contribution in [0.3, 0.4) is 0 Å². The highest BCUT2D eigenvalue weighted by molar-refractivity contribution is 6.00. The molecule has 1 aliphatic heterocycles. The second-order valence-electron chi connectivity index (χ2n) is 8.12. The molecule has 0 bridgehead atoms. The largest absolute Gasteiger partial charge is 0.497 e. The summed E-state index contributed by atoms with van der Waals surface area (Å²) >= 11 is 0. The monoisotopic (exact) mass is 498 g/mol. The summed E-state index contributed by atoms with van der Waals surface area (Å²) in [5.41, 5.74) is 3.61. The number of hydrogen-bond donors (Lipinski definition) is 3. The van der Waals surface area contributed by atoms with Crippen LogP contribution >= 0.6 is 0 Å². The van der Waals surface area contributed by atoms with Gasteiger partial charge < -0.3 is 25.0 Å². The molecule has 188 valence electrons. The van der Waals surface area contributed by atoms with E-state index in [0.29, 0.717) is 47.9 Å². The Balaban J connectivity index is 1.33. The van der Waals surface area contributed by atoms with Gasteiger partial charge in [0.25, 0.3) is 0 Å². The number of amides is 4. The van der Waals surface area contributed by atoms with E-state index >= 15 is 0 Å². The van der Waals surface area contributed by atoms with Gasteiger partial charge in [0.1, 0.15) is 17.6 Å². The van der Waals surface area contributed by atoms with E-state index in [9.17, 15) is 14.9 Å². The first-order valence-electron chi connectivity index (χ1n) is 11.5. The molecular weight excluding hydrogens is 472 g/mol. The van der Waals surface area contributed by atoms with Crippen LogP contribution in [0, 0.1) is 11.3 Å². The summed E-state index contributed by atoms with van der Waals surface area (Å²) in [6.07, 6.45) is 4.20. The molecule has 4 rings (SSSR count). The van der Waals surface area contributed by atoms with Gasteiger partial charge in [-0.1, -0.05) is 18.2 Å². The third-order valence-electron chi connectivity index (χ3n) is 5.77. The molecule has 0 radical (unpaired) electrons. The number of nitrogens with one attached hydrogen (secondary N) is 3. The van der Waals surface area contributed by atoms with Crippen molar-refractivity contribution in [2.45, 2.75) is 6.42 Å². The van der Waals surface area contributed by atoms with E-state index in [-0.39, 0.29) is 11.8 Å². The lowest BCUT2D eigenvalue weighted by Crippen LogP contribution is -2.38. The molecule has 3 N–H and O–H groups in total. The second-order valence-corrected chi connectivity index (χ2v) is 8.12. The first kappa shape index (κ1) is 25.1. The normalized spacial score (nSPS) is 12.6. The molecule has 0 fully saturated rings. The van der Waals surface area contributed by atoms with Gasteiger partial charge in [0.2, 0.25) is 0 Å². The van der Waals surface area contributed by atoms with Crippen LogP contribution in [-0.4, -0.2) is 49.3 Å². The van der Waals surface area contributed by atoms with E-state index in [1.165, 1.54) is 6.20 Å². The molecule has 0 saturated heterocycles. The fourth-order valence-corrected chi connectivity index (χ4v) is 3.83. The molecule has 0 atom stereocenters. The Kier molecular flexibility index (Phi) is 7.85. The highest BCUT2D eigenvalue weighted by Crippen LogP contribution is 2.27. The molecule has 10 heteroatoms. The summed E-state index contributed by atoms with van der Waals surface area (Å²) in [5.74, 6) is 1.39. The fraction of sp³-hybridized carbons (Fsp3) is 0.185. The van der Waals surface area contributed by atoms with Crippen molar-refractivity contribution in [2.75, 3.05) is 43.3 Å². The van der Waals surface area contributed by atoms with Gasteiger partial charge in [-0.2, -0.15) is 5.26 Å². The zero-order valence-corrected chi connectivity index (χ0v) is 20.4. The SMILES string of the molecule is COc1cc(NC(=O)Nc2ccc(C3=CCN(C(=O)Nc4ncccc4C#N)CC3)cc2)cc(OC)c1. The zero-order chi connectivity index (χ0) is 26.2. The number of nitrogens with zero attached hydrogens (tertiary/aromatic N) is 3. The van der Waals surface area contributed by atoms with Crippen molar-refractivity contribution >= 4 is 34.8 Å². The molecule has 4 amide bonds. The van der Waals surface area contributed by atoms with Crippen LogP contribution in [0.25, 0.3) is 5.57 Å². The maximum atomic E-state index is 12.6. The smallest absolute Gasteiger partial charge is 0.323 e. The zero-order valence-electron chi connectivity index (χ0n) is 20.4. The fourth-order valence-electron chi connectivity index (χ4n) is 3.83. The van der Waals surface area contributed by atoms with Crippen LogP contribution in [0.1, 0.15) is 17.5 Å². The molecule has 0 spiro atoms. The number of pyridine rings is 1. The lowest BCUT2D eigenvalue weighted by molar-refractivity contribution is 0.217. The maximum absolute atomic E-state index is 12.6. The van der Waals surface area contributed by atoms with E-state index in [0.717, 1.165) is 11.1 Å².